The number of benzene rings is 1. The minimum absolute atomic E-state index is 0.0489. The van der Waals surface area contributed by atoms with Crippen molar-refractivity contribution in [1.29, 1.82) is 0 Å². The summed E-state index contributed by atoms with van der Waals surface area (Å²) in [4.78, 5) is 25.2. The molecule has 1 amide bonds. The van der Waals surface area contributed by atoms with E-state index < -0.39 is 11.9 Å². The van der Waals surface area contributed by atoms with Crippen LogP contribution in [0.25, 0.3) is 0 Å². The van der Waals surface area contributed by atoms with Gasteiger partial charge in [0.2, 0.25) is 0 Å². The van der Waals surface area contributed by atoms with E-state index in [1.54, 1.807) is 4.90 Å². The number of hydrogen-bond donors (Lipinski definition) is 1. The molecule has 1 aliphatic rings. The second kappa shape index (κ2) is 5.43. The van der Waals surface area contributed by atoms with Crippen molar-refractivity contribution in [3.63, 3.8) is 0 Å². The van der Waals surface area contributed by atoms with E-state index in [4.69, 9.17) is 5.11 Å². The van der Waals surface area contributed by atoms with Gasteiger partial charge in [0, 0.05) is 18.7 Å². The minimum Gasteiger partial charge on any atom is -0.481 e. The fourth-order valence-corrected chi connectivity index (χ4v) is 2.52. The standard InChI is InChI=1S/C15H19NO3/c1-10-5-3-7-13(11(10)2)14(17)16-8-4-6-12(9-16)15(18)19/h3,5,7,12H,4,6,8-9H2,1-2H3,(H,18,19). The normalized spacial score (nSPS) is 19.3. The lowest BCUT2D eigenvalue weighted by Crippen LogP contribution is -2.42. The van der Waals surface area contributed by atoms with Crippen LogP contribution in [0.5, 0.6) is 0 Å². The lowest BCUT2D eigenvalue weighted by Gasteiger charge is -2.31. The largest absolute Gasteiger partial charge is 0.481 e. The molecule has 4 nitrogen and oxygen atoms in total. The number of aliphatic carboxylic acids is 1. The highest BCUT2D eigenvalue weighted by Crippen LogP contribution is 2.21. The number of hydrogen-bond acceptors (Lipinski definition) is 2. The van der Waals surface area contributed by atoms with Gasteiger partial charge in [-0.1, -0.05) is 12.1 Å². The molecule has 102 valence electrons. The molecular formula is C15H19NO3. The Bertz CT molecular complexity index is 510. The van der Waals surface area contributed by atoms with Crippen molar-refractivity contribution in [3.8, 4) is 0 Å². The van der Waals surface area contributed by atoms with Gasteiger partial charge in [0.25, 0.3) is 5.91 Å². The molecule has 1 N–H and O–H groups in total. The van der Waals surface area contributed by atoms with Crippen LogP contribution in [0, 0.1) is 19.8 Å². The Balaban J connectivity index is 2.19. The molecule has 0 radical (unpaired) electrons. The molecule has 1 aromatic carbocycles. The Morgan fingerprint density at radius 2 is 2.05 bits per heavy atom. The van der Waals surface area contributed by atoms with Crippen molar-refractivity contribution in [2.45, 2.75) is 26.7 Å². The summed E-state index contributed by atoms with van der Waals surface area (Å²) in [7, 11) is 0. The Labute approximate surface area is 113 Å². The fraction of sp³-hybridized carbons (Fsp3) is 0.467. The number of carbonyl (C=O) groups excluding carboxylic acids is 1. The van der Waals surface area contributed by atoms with Gasteiger partial charge in [0.1, 0.15) is 0 Å². The molecule has 19 heavy (non-hydrogen) atoms. The molecule has 1 unspecified atom stereocenters. The molecule has 1 atom stereocenters. The highest BCUT2D eigenvalue weighted by molar-refractivity contribution is 5.96. The van der Waals surface area contributed by atoms with Crippen molar-refractivity contribution in [1.82, 2.24) is 4.90 Å². The Morgan fingerprint density at radius 3 is 2.74 bits per heavy atom. The summed E-state index contributed by atoms with van der Waals surface area (Å²) in [6.45, 7) is 4.88. The number of carboxylic acids is 1. The molecule has 4 heteroatoms. The molecule has 1 aromatic rings. The van der Waals surface area contributed by atoms with Crippen molar-refractivity contribution < 1.29 is 14.7 Å². The molecule has 0 spiro atoms. The Morgan fingerprint density at radius 1 is 1.32 bits per heavy atom. The third-order valence-corrected chi connectivity index (χ3v) is 3.89. The van der Waals surface area contributed by atoms with Gasteiger partial charge >= 0.3 is 5.97 Å². The van der Waals surface area contributed by atoms with Crippen LogP contribution in [-0.4, -0.2) is 35.0 Å². The van der Waals surface area contributed by atoms with E-state index >= 15 is 0 Å². The van der Waals surface area contributed by atoms with Gasteiger partial charge in [-0.15, -0.1) is 0 Å². The van der Waals surface area contributed by atoms with Crippen molar-refractivity contribution in [2.24, 2.45) is 5.92 Å². The number of rotatable bonds is 2. The molecule has 0 aromatic heterocycles. The molecule has 2 rings (SSSR count). The fourth-order valence-electron chi connectivity index (χ4n) is 2.52. The average molecular weight is 261 g/mol. The lowest BCUT2D eigenvalue weighted by molar-refractivity contribution is -0.143. The van der Waals surface area contributed by atoms with Gasteiger partial charge < -0.3 is 10.0 Å². The predicted octanol–water partition coefficient (Wildman–Crippen LogP) is 2.24. The second-order valence-corrected chi connectivity index (χ2v) is 5.18. The van der Waals surface area contributed by atoms with Gasteiger partial charge in [-0.2, -0.15) is 0 Å². The number of carbonyl (C=O) groups is 2. The first-order valence-electron chi connectivity index (χ1n) is 6.59. The lowest BCUT2D eigenvalue weighted by atomic mass is 9.96. The molecule has 1 heterocycles. The summed E-state index contributed by atoms with van der Waals surface area (Å²) in [5.74, 6) is -1.28. The van der Waals surface area contributed by atoms with Gasteiger partial charge in [-0.05, 0) is 43.9 Å². The summed E-state index contributed by atoms with van der Waals surface area (Å²) < 4.78 is 0. The van der Waals surface area contributed by atoms with Crippen LogP contribution in [0.1, 0.15) is 34.3 Å². The van der Waals surface area contributed by atoms with Crippen molar-refractivity contribution in [3.05, 3.63) is 34.9 Å². The number of aryl methyl sites for hydroxylation is 1. The van der Waals surface area contributed by atoms with Crippen LogP contribution in [0.4, 0.5) is 0 Å². The van der Waals surface area contributed by atoms with E-state index in [0.29, 0.717) is 25.1 Å². The third kappa shape index (κ3) is 2.78. The topological polar surface area (TPSA) is 57.6 Å². The monoisotopic (exact) mass is 261 g/mol. The van der Waals surface area contributed by atoms with Gasteiger partial charge in [-0.25, -0.2) is 0 Å². The van der Waals surface area contributed by atoms with Gasteiger partial charge in [-0.3, -0.25) is 9.59 Å². The molecule has 0 bridgehead atoms. The molecule has 1 aliphatic heterocycles. The second-order valence-electron chi connectivity index (χ2n) is 5.18. The van der Waals surface area contributed by atoms with E-state index in [2.05, 4.69) is 0 Å². The number of carboxylic acid groups (broad SMARTS) is 1. The maximum absolute atomic E-state index is 12.5. The molecule has 0 saturated carbocycles. The Kier molecular flexibility index (Phi) is 3.88. The number of piperidine rings is 1. The molecule has 1 saturated heterocycles. The van der Waals surface area contributed by atoms with E-state index in [-0.39, 0.29) is 5.91 Å². The van der Waals surface area contributed by atoms with Crippen LogP contribution >= 0.6 is 0 Å². The van der Waals surface area contributed by atoms with Crippen LogP contribution in [0.2, 0.25) is 0 Å². The van der Waals surface area contributed by atoms with Crippen LogP contribution in [0.15, 0.2) is 18.2 Å². The quantitative estimate of drug-likeness (QED) is 0.888. The smallest absolute Gasteiger partial charge is 0.308 e. The maximum Gasteiger partial charge on any atom is 0.308 e. The van der Waals surface area contributed by atoms with Crippen LogP contribution in [-0.2, 0) is 4.79 Å². The SMILES string of the molecule is Cc1cccc(C(=O)N2CCCC(C(=O)O)C2)c1C. The van der Waals surface area contributed by atoms with Crippen LogP contribution < -0.4 is 0 Å². The van der Waals surface area contributed by atoms with Gasteiger partial charge in [0.15, 0.2) is 0 Å². The highest BCUT2D eigenvalue weighted by Gasteiger charge is 2.29. The average Bonchev–Trinajstić information content (AvgIpc) is 2.41. The molecular weight excluding hydrogens is 242 g/mol. The Hall–Kier alpha value is -1.84. The van der Waals surface area contributed by atoms with Crippen LogP contribution in [0.3, 0.4) is 0 Å². The maximum atomic E-state index is 12.5. The van der Waals surface area contributed by atoms with E-state index in [9.17, 15) is 9.59 Å². The summed E-state index contributed by atoms with van der Waals surface area (Å²) in [5.41, 5.74) is 2.74. The van der Waals surface area contributed by atoms with Crippen molar-refractivity contribution >= 4 is 11.9 Å². The number of amides is 1. The number of likely N-dealkylation sites (tertiary alicyclic amines) is 1. The minimum atomic E-state index is -0.807. The third-order valence-electron chi connectivity index (χ3n) is 3.89. The molecule has 0 aliphatic carbocycles. The van der Waals surface area contributed by atoms with Crippen molar-refractivity contribution in [2.75, 3.05) is 13.1 Å². The first-order valence-corrected chi connectivity index (χ1v) is 6.59. The zero-order valence-corrected chi connectivity index (χ0v) is 11.3. The van der Waals surface area contributed by atoms with E-state index in [1.807, 2.05) is 32.0 Å². The predicted molar refractivity (Wildman–Crippen MR) is 72.2 cm³/mol. The van der Waals surface area contributed by atoms with E-state index in [1.165, 1.54) is 0 Å². The first kappa shape index (κ1) is 13.6. The number of nitrogens with zero attached hydrogens (tertiary/aromatic N) is 1. The van der Waals surface area contributed by atoms with Gasteiger partial charge in [0.05, 0.1) is 5.92 Å². The zero-order valence-electron chi connectivity index (χ0n) is 11.3. The summed E-state index contributed by atoms with van der Waals surface area (Å²) in [5, 5.41) is 9.07. The summed E-state index contributed by atoms with van der Waals surface area (Å²) >= 11 is 0. The molecule has 1 fully saturated rings. The summed E-state index contributed by atoms with van der Waals surface area (Å²) in [6, 6.07) is 5.66. The zero-order chi connectivity index (χ0) is 14.0. The summed E-state index contributed by atoms with van der Waals surface area (Å²) in [6.07, 6.45) is 1.42. The highest BCUT2D eigenvalue weighted by atomic mass is 16.4. The first-order chi connectivity index (χ1) is 9.00. The van der Waals surface area contributed by atoms with E-state index in [0.717, 1.165) is 17.5 Å².